The molecule has 2 aromatic heterocycles. The fourth-order valence-electron chi connectivity index (χ4n) is 3.07. The number of fused-ring (bicyclic) bond motifs is 3. The van der Waals surface area contributed by atoms with E-state index in [2.05, 4.69) is 4.98 Å². The van der Waals surface area contributed by atoms with Gasteiger partial charge in [0.1, 0.15) is 11.1 Å². The fraction of sp³-hybridized carbons (Fsp3) is 0.100. The molecule has 0 fully saturated rings. The minimum absolute atomic E-state index is 0.0966. The molecule has 1 N–H and O–H groups in total. The van der Waals surface area contributed by atoms with Crippen molar-refractivity contribution in [3.05, 3.63) is 69.5 Å². The van der Waals surface area contributed by atoms with Gasteiger partial charge in [0.15, 0.2) is 5.58 Å². The van der Waals surface area contributed by atoms with Crippen LogP contribution in [0, 0.1) is 0 Å². The van der Waals surface area contributed by atoms with Gasteiger partial charge in [0.25, 0.3) is 5.56 Å². The molecule has 6 heteroatoms. The average Bonchev–Trinajstić information content (AvgIpc) is 2.99. The van der Waals surface area contributed by atoms with Gasteiger partial charge >= 0.3 is 5.97 Å². The average molecular weight is 368 g/mol. The zero-order chi connectivity index (χ0) is 18.3. The van der Waals surface area contributed by atoms with Crippen LogP contribution in [-0.2, 0) is 4.74 Å². The first-order valence-corrected chi connectivity index (χ1v) is 8.48. The van der Waals surface area contributed by atoms with E-state index >= 15 is 0 Å². The molecule has 0 aliphatic heterocycles. The van der Waals surface area contributed by atoms with Crippen molar-refractivity contribution < 1.29 is 13.9 Å². The summed E-state index contributed by atoms with van der Waals surface area (Å²) >= 11 is 6.12. The number of aromatic amines is 1. The molecule has 130 valence electrons. The lowest BCUT2D eigenvalue weighted by Gasteiger charge is -2.09. The van der Waals surface area contributed by atoms with E-state index in [0.29, 0.717) is 32.8 Å². The van der Waals surface area contributed by atoms with Crippen LogP contribution in [0.3, 0.4) is 0 Å². The topological polar surface area (TPSA) is 72.3 Å². The molecule has 0 aliphatic rings. The molecule has 0 radical (unpaired) electrons. The first-order chi connectivity index (χ1) is 12.6. The third kappa shape index (κ3) is 2.57. The van der Waals surface area contributed by atoms with Gasteiger partial charge in [0, 0.05) is 16.0 Å². The third-order valence-corrected chi connectivity index (χ3v) is 4.37. The number of halogens is 1. The molecule has 4 rings (SSSR count). The summed E-state index contributed by atoms with van der Waals surface area (Å²) in [5.41, 5.74) is 1.92. The van der Waals surface area contributed by atoms with Crippen LogP contribution in [0.2, 0.25) is 5.02 Å². The Labute approximate surface area is 153 Å². The van der Waals surface area contributed by atoms with Gasteiger partial charge in [-0.1, -0.05) is 35.9 Å². The highest BCUT2D eigenvalue weighted by Gasteiger charge is 2.25. The maximum atomic E-state index is 12.7. The fourth-order valence-corrected chi connectivity index (χ4v) is 3.26. The predicted octanol–water partition coefficient (Wildman–Crippen LogP) is 4.77. The van der Waals surface area contributed by atoms with Crippen LogP contribution in [0.15, 0.2) is 57.7 Å². The summed E-state index contributed by atoms with van der Waals surface area (Å²) in [4.78, 5) is 28.0. The highest BCUT2D eigenvalue weighted by Crippen LogP contribution is 2.36. The third-order valence-electron chi connectivity index (χ3n) is 4.13. The monoisotopic (exact) mass is 367 g/mol. The maximum absolute atomic E-state index is 12.7. The van der Waals surface area contributed by atoms with Crippen molar-refractivity contribution >= 4 is 39.6 Å². The quantitative estimate of drug-likeness (QED) is 0.529. The lowest BCUT2D eigenvalue weighted by Crippen LogP contribution is -2.21. The standard InChI is InChI=1S/C20H14ClNO4/c1-2-25-20(24)16-15(11-6-5-7-12(21)10-11)18-17(22-19(16)23)13-8-3-4-9-14(13)26-18/h3-10H,2H2,1H3,(H,22,23). The number of pyridine rings is 1. The van der Waals surface area contributed by atoms with E-state index in [1.807, 2.05) is 18.2 Å². The summed E-state index contributed by atoms with van der Waals surface area (Å²) in [7, 11) is 0. The number of benzene rings is 2. The lowest BCUT2D eigenvalue weighted by molar-refractivity contribution is 0.0525. The summed E-state index contributed by atoms with van der Waals surface area (Å²) < 4.78 is 11.1. The van der Waals surface area contributed by atoms with Crippen LogP contribution in [0.1, 0.15) is 17.3 Å². The molecule has 4 aromatic rings. The number of hydrogen-bond donors (Lipinski definition) is 1. The molecule has 0 aliphatic carbocycles. The number of para-hydroxylation sites is 1. The Bertz CT molecular complexity index is 1210. The number of carbonyl (C=O) groups is 1. The largest absolute Gasteiger partial charge is 0.462 e. The normalized spacial score (nSPS) is 11.2. The van der Waals surface area contributed by atoms with Crippen LogP contribution in [0.4, 0.5) is 0 Å². The predicted molar refractivity (Wildman–Crippen MR) is 101 cm³/mol. The zero-order valence-electron chi connectivity index (χ0n) is 13.8. The van der Waals surface area contributed by atoms with Crippen molar-refractivity contribution in [2.24, 2.45) is 0 Å². The van der Waals surface area contributed by atoms with E-state index in [0.717, 1.165) is 5.39 Å². The van der Waals surface area contributed by atoms with Crippen molar-refractivity contribution in [2.45, 2.75) is 6.92 Å². The smallest absolute Gasteiger partial charge is 0.344 e. The molecule has 26 heavy (non-hydrogen) atoms. The van der Waals surface area contributed by atoms with Crippen LogP contribution in [0.25, 0.3) is 33.2 Å². The van der Waals surface area contributed by atoms with Gasteiger partial charge in [0.05, 0.1) is 12.1 Å². The second-order valence-electron chi connectivity index (χ2n) is 5.74. The number of nitrogens with one attached hydrogen (secondary N) is 1. The van der Waals surface area contributed by atoms with Crippen LogP contribution >= 0.6 is 11.6 Å². The Hall–Kier alpha value is -3.05. The van der Waals surface area contributed by atoms with Gasteiger partial charge in [-0.05, 0) is 36.8 Å². The molecular formula is C20H14ClNO4. The van der Waals surface area contributed by atoms with Crippen molar-refractivity contribution in [1.29, 1.82) is 0 Å². The minimum Gasteiger partial charge on any atom is -0.462 e. The Morgan fingerprint density at radius 1 is 1.19 bits per heavy atom. The Morgan fingerprint density at radius 2 is 2.00 bits per heavy atom. The molecule has 0 atom stereocenters. The van der Waals surface area contributed by atoms with Gasteiger partial charge in [-0.2, -0.15) is 0 Å². The van der Waals surface area contributed by atoms with Crippen LogP contribution in [-0.4, -0.2) is 17.6 Å². The number of hydrogen-bond acceptors (Lipinski definition) is 4. The Kier molecular flexibility index (Phi) is 4.01. The first kappa shape index (κ1) is 16.4. The van der Waals surface area contributed by atoms with E-state index in [1.54, 1.807) is 37.3 Å². The van der Waals surface area contributed by atoms with Crippen LogP contribution < -0.4 is 5.56 Å². The molecule has 2 aromatic carbocycles. The van der Waals surface area contributed by atoms with E-state index in [4.69, 9.17) is 20.8 Å². The van der Waals surface area contributed by atoms with Crippen molar-refractivity contribution in [2.75, 3.05) is 6.61 Å². The lowest BCUT2D eigenvalue weighted by atomic mass is 9.99. The van der Waals surface area contributed by atoms with Gasteiger partial charge < -0.3 is 14.1 Å². The van der Waals surface area contributed by atoms with Crippen molar-refractivity contribution in [3.8, 4) is 11.1 Å². The van der Waals surface area contributed by atoms with Crippen molar-refractivity contribution in [1.82, 2.24) is 4.98 Å². The van der Waals surface area contributed by atoms with Gasteiger partial charge in [-0.3, -0.25) is 4.79 Å². The van der Waals surface area contributed by atoms with Gasteiger partial charge in [0.2, 0.25) is 0 Å². The zero-order valence-corrected chi connectivity index (χ0v) is 14.6. The molecule has 2 heterocycles. The summed E-state index contributed by atoms with van der Waals surface area (Å²) in [5.74, 6) is -0.703. The summed E-state index contributed by atoms with van der Waals surface area (Å²) in [6.07, 6.45) is 0. The van der Waals surface area contributed by atoms with Gasteiger partial charge in [-0.15, -0.1) is 0 Å². The second-order valence-corrected chi connectivity index (χ2v) is 6.17. The number of carbonyl (C=O) groups excluding carboxylic acids is 1. The molecule has 0 spiro atoms. The molecule has 0 saturated carbocycles. The van der Waals surface area contributed by atoms with Crippen LogP contribution in [0.5, 0.6) is 0 Å². The highest BCUT2D eigenvalue weighted by atomic mass is 35.5. The number of rotatable bonds is 3. The number of furan rings is 1. The maximum Gasteiger partial charge on any atom is 0.344 e. The molecule has 5 nitrogen and oxygen atoms in total. The van der Waals surface area contributed by atoms with E-state index in [-0.39, 0.29) is 12.2 Å². The highest BCUT2D eigenvalue weighted by molar-refractivity contribution is 6.31. The molecule has 0 unspecified atom stereocenters. The Balaban J connectivity index is 2.17. The number of esters is 1. The Morgan fingerprint density at radius 3 is 2.77 bits per heavy atom. The molecular weight excluding hydrogens is 354 g/mol. The first-order valence-electron chi connectivity index (χ1n) is 8.10. The number of aromatic nitrogens is 1. The number of H-pyrrole nitrogens is 1. The van der Waals surface area contributed by atoms with E-state index in [1.165, 1.54) is 0 Å². The molecule has 0 bridgehead atoms. The second kappa shape index (κ2) is 6.35. The van der Waals surface area contributed by atoms with E-state index in [9.17, 15) is 9.59 Å². The summed E-state index contributed by atoms with van der Waals surface area (Å²) in [6, 6.07) is 14.3. The van der Waals surface area contributed by atoms with Crippen molar-refractivity contribution in [3.63, 3.8) is 0 Å². The van der Waals surface area contributed by atoms with E-state index < -0.39 is 11.5 Å². The number of ether oxygens (including phenoxy) is 1. The summed E-state index contributed by atoms with van der Waals surface area (Å²) in [5, 5.41) is 1.25. The molecule has 0 amide bonds. The SMILES string of the molecule is CCOC(=O)c1c(-c2cccc(Cl)c2)c2oc3ccccc3c2[nH]c1=O. The molecule has 0 saturated heterocycles. The van der Waals surface area contributed by atoms with Gasteiger partial charge in [-0.25, -0.2) is 4.79 Å². The summed E-state index contributed by atoms with van der Waals surface area (Å²) in [6.45, 7) is 1.84. The minimum atomic E-state index is -0.703.